The van der Waals surface area contributed by atoms with Crippen molar-refractivity contribution in [2.24, 2.45) is 0 Å². The van der Waals surface area contributed by atoms with E-state index >= 15 is 22.0 Å². The molecule has 0 aliphatic rings. The van der Waals surface area contributed by atoms with E-state index in [1.807, 2.05) is 179 Å². The molecule has 0 spiro atoms. The maximum atomic E-state index is 16.0. The van der Waals surface area contributed by atoms with Crippen molar-refractivity contribution in [3.63, 3.8) is 0 Å². The number of alkyl halides is 3. The number of hydrogen-bond donors (Lipinski definition) is 0. The molecule has 68 heavy (non-hydrogen) atoms. The molecule has 10 aromatic carbocycles. The van der Waals surface area contributed by atoms with Crippen molar-refractivity contribution in [1.29, 1.82) is 0 Å². The van der Waals surface area contributed by atoms with E-state index in [1.165, 1.54) is 6.07 Å². The first kappa shape index (κ1) is 40.9. The quantitative estimate of drug-likeness (QED) is 0.141. The third-order valence-electron chi connectivity index (χ3n) is 13.1. The molecule has 2 nitrogen and oxygen atoms in total. The van der Waals surface area contributed by atoms with Crippen molar-refractivity contribution in [3.8, 4) is 67.0 Å². The standard InChI is InChI=1S/C61H37F5N2/c62-52-22-13-23-53(63)60(52)50-36-58(67-54-28-24-42(38-14-5-1-6-15-38)32-46(54)47-33-43(25-29-55(47)67)39-16-7-2-8-17-39)59(37-51(50)61(64,65)66)68-56-30-26-44(40-18-9-3-10-19-40)34-48(56)49-35-45(27-31-57(49)68)41-20-11-4-12-21-41/h1-37H. The van der Waals surface area contributed by atoms with Crippen LogP contribution in [0.3, 0.4) is 0 Å². The number of hydrogen-bond acceptors (Lipinski definition) is 0. The van der Waals surface area contributed by atoms with Crippen LogP contribution in [0.1, 0.15) is 5.56 Å². The van der Waals surface area contributed by atoms with Gasteiger partial charge in [0.05, 0.1) is 44.6 Å². The molecule has 7 heteroatoms. The molecule has 0 aliphatic heterocycles. The van der Waals surface area contributed by atoms with Gasteiger partial charge < -0.3 is 9.13 Å². The smallest absolute Gasteiger partial charge is 0.307 e. The van der Waals surface area contributed by atoms with E-state index < -0.39 is 34.5 Å². The number of halogens is 5. The van der Waals surface area contributed by atoms with E-state index in [0.29, 0.717) is 27.8 Å². The minimum Gasteiger partial charge on any atom is -0.307 e. The van der Waals surface area contributed by atoms with Gasteiger partial charge in [-0.15, -0.1) is 0 Å². The van der Waals surface area contributed by atoms with E-state index in [-0.39, 0.29) is 5.69 Å². The molecule has 0 amide bonds. The van der Waals surface area contributed by atoms with Crippen LogP contribution < -0.4 is 0 Å². The molecule has 0 fully saturated rings. The van der Waals surface area contributed by atoms with Crippen molar-refractivity contribution in [2.45, 2.75) is 6.18 Å². The molecule has 0 saturated heterocycles. The molecular formula is C61H37F5N2. The number of benzene rings is 10. The fraction of sp³-hybridized carbons (Fsp3) is 0.0164. The molecule has 12 rings (SSSR count). The maximum absolute atomic E-state index is 16.0. The van der Waals surface area contributed by atoms with Crippen LogP contribution in [-0.2, 0) is 6.18 Å². The first-order valence-corrected chi connectivity index (χ1v) is 22.3. The maximum Gasteiger partial charge on any atom is 0.417 e. The summed E-state index contributed by atoms with van der Waals surface area (Å²) in [5.74, 6) is -2.20. The van der Waals surface area contributed by atoms with E-state index in [0.717, 1.165) is 90.3 Å². The Labute approximate surface area is 388 Å². The Balaban J connectivity index is 1.24. The number of fused-ring (bicyclic) bond motifs is 6. The fourth-order valence-corrected chi connectivity index (χ4v) is 9.94. The van der Waals surface area contributed by atoms with Crippen LogP contribution >= 0.6 is 0 Å². The topological polar surface area (TPSA) is 9.86 Å². The van der Waals surface area contributed by atoms with Gasteiger partial charge >= 0.3 is 6.18 Å². The zero-order chi connectivity index (χ0) is 46.1. The van der Waals surface area contributed by atoms with Gasteiger partial charge in [-0.05, 0) is 117 Å². The van der Waals surface area contributed by atoms with Crippen molar-refractivity contribution in [2.75, 3.05) is 0 Å². The minimum atomic E-state index is -5.02. The van der Waals surface area contributed by atoms with Gasteiger partial charge in [0.2, 0.25) is 0 Å². The van der Waals surface area contributed by atoms with E-state index in [2.05, 4.69) is 24.3 Å². The van der Waals surface area contributed by atoms with E-state index in [1.54, 1.807) is 0 Å². The van der Waals surface area contributed by atoms with Crippen LogP contribution in [0, 0.1) is 11.6 Å². The normalized spacial score (nSPS) is 11.9. The summed E-state index contributed by atoms with van der Waals surface area (Å²) >= 11 is 0. The summed E-state index contributed by atoms with van der Waals surface area (Å²) in [5, 5.41) is 3.35. The van der Waals surface area contributed by atoms with Crippen molar-refractivity contribution >= 4 is 43.6 Å². The molecule has 0 N–H and O–H groups in total. The second-order valence-corrected chi connectivity index (χ2v) is 17.0. The molecule has 2 aromatic heterocycles. The third-order valence-corrected chi connectivity index (χ3v) is 13.1. The van der Waals surface area contributed by atoms with Gasteiger partial charge in [0, 0.05) is 27.1 Å². The predicted molar refractivity (Wildman–Crippen MR) is 267 cm³/mol. The summed E-state index contributed by atoms with van der Waals surface area (Å²) in [6, 6.07) is 69.6. The zero-order valence-electron chi connectivity index (χ0n) is 36.1. The lowest BCUT2D eigenvalue weighted by atomic mass is 9.96. The highest BCUT2D eigenvalue weighted by molar-refractivity contribution is 6.14. The second kappa shape index (κ2) is 16.1. The Morgan fingerprint density at radius 1 is 0.294 bits per heavy atom. The van der Waals surface area contributed by atoms with Gasteiger partial charge in [-0.2, -0.15) is 13.2 Å². The van der Waals surface area contributed by atoms with E-state index in [4.69, 9.17) is 0 Å². The molecule has 0 bridgehead atoms. The first-order valence-electron chi connectivity index (χ1n) is 22.3. The van der Waals surface area contributed by atoms with Crippen molar-refractivity contribution in [3.05, 3.63) is 242 Å². The molecule has 0 radical (unpaired) electrons. The van der Waals surface area contributed by atoms with Gasteiger partial charge in [0.1, 0.15) is 11.6 Å². The van der Waals surface area contributed by atoms with Crippen LogP contribution in [0.5, 0.6) is 0 Å². The Bertz CT molecular complexity index is 3680. The minimum absolute atomic E-state index is 0.177. The first-order chi connectivity index (χ1) is 33.2. The Morgan fingerprint density at radius 3 is 0.912 bits per heavy atom. The van der Waals surface area contributed by atoms with Gasteiger partial charge in [-0.25, -0.2) is 8.78 Å². The van der Waals surface area contributed by atoms with Gasteiger partial charge in [0.15, 0.2) is 0 Å². The number of nitrogens with zero attached hydrogens (tertiary/aromatic N) is 2. The third kappa shape index (κ3) is 6.85. The lowest BCUT2D eigenvalue weighted by molar-refractivity contribution is -0.137. The SMILES string of the molecule is Fc1cccc(F)c1-c1cc(-n2c3ccc(-c4ccccc4)cc3c3cc(-c4ccccc4)ccc32)c(-n2c3ccc(-c4ccccc4)cc3c3cc(-c4ccccc4)ccc32)cc1C(F)(F)F. The van der Waals surface area contributed by atoms with Crippen LogP contribution in [0.4, 0.5) is 22.0 Å². The Morgan fingerprint density at radius 2 is 0.603 bits per heavy atom. The molecule has 2 heterocycles. The number of aromatic nitrogens is 2. The summed E-state index contributed by atoms with van der Waals surface area (Å²) in [6.45, 7) is 0. The van der Waals surface area contributed by atoms with Crippen LogP contribution in [0.2, 0.25) is 0 Å². The average molecular weight is 893 g/mol. The fourth-order valence-electron chi connectivity index (χ4n) is 9.94. The Kier molecular flexibility index (Phi) is 9.69. The van der Waals surface area contributed by atoms with E-state index in [9.17, 15) is 0 Å². The summed E-state index contributed by atoms with van der Waals surface area (Å²) in [4.78, 5) is 0. The molecule has 326 valence electrons. The predicted octanol–water partition coefficient (Wildman–Crippen LogP) is 17.5. The van der Waals surface area contributed by atoms with Crippen molar-refractivity contribution in [1.82, 2.24) is 9.13 Å². The summed E-state index contributed by atoms with van der Waals surface area (Å²) in [6.07, 6.45) is -5.02. The lowest BCUT2D eigenvalue weighted by Gasteiger charge is -2.22. The highest BCUT2D eigenvalue weighted by Gasteiger charge is 2.37. The summed E-state index contributed by atoms with van der Waals surface area (Å²) in [7, 11) is 0. The summed E-state index contributed by atoms with van der Waals surface area (Å²) < 4.78 is 83.4. The average Bonchev–Trinajstić information content (AvgIpc) is 3.88. The van der Waals surface area contributed by atoms with Crippen LogP contribution in [0.25, 0.3) is 111 Å². The molecule has 0 atom stereocenters. The lowest BCUT2D eigenvalue weighted by Crippen LogP contribution is -2.13. The molecular weight excluding hydrogens is 856 g/mol. The molecule has 12 aromatic rings. The number of rotatable bonds is 7. The second-order valence-electron chi connectivity index (χ2n) is 17.0. The highest BCUT2D eigenvalue weighted by Crippen LogP contribution is 2.47. The van der Waals surface area contributed by atoms with Crippen LogP contribution in [0.15, 0.2) is 224 Å². The van der Waals surface area contributed by atoms with Crippen molar-refractivity contribution < 1.29 is 22.0 Å². The molecule has 0 saturated carbocycles. The van der Waals surface area contributed by atoms with Gasteiger partial charge in [-0.1, -0.05) is 152 Å². The highest BCUT2D eigenvalue weighted by atomic mass is 19.4. The zero-order valence-corrected chi connectivity index (χ0v) is 36.1. The Hall–Kier alpha value is -8.55. The molecule has 0 unspecified atom stereocenters. The molecule has 0 aliphatic carbocycles. The summed E-state index contributed by atoms with van der Waals surface area (Å²) in [5.41, 5.74) is 8.40. The largest absolute Gasteiger partial charge is 0.417 e. The van der Waals surface area contributed by atoms with Gasteiger partial charge in [0.25, 0.3) is 0 Å². The van der Waals surface area contributed by atoms with Crippen LogP contribution in [-0.4, -0.2) is 9.13 Å². The monoisotopic (exact) mass is 892 g/mol. The van der Waals surface area contributed by atoms with Gasteiger partial charge in [-0.3, -0.25) is 0 Å².